The molecule has 6 heteroatoms. The van der Waals surface area contributed by atoms with Gasteiger partial charge in [-0.2, -0.15) is 0 Å². The van der Waals surface area contributed by atoms with Crippen LogP contribution in [0.2, 0.25) is 0 Å². The Hall–Kier alpha value is -0.170. The summed E-state index contributed by atoms with van der Waals surface area (Å²) in [6.45, 7) is 7.62. The molecular weight excluding hydrogens is 240 g/mol. The summed E-state index contributed by atoms with van der Waals surface area (Å²) in [5.74, 6) is 0. The summed E-state index contributed by atoms with van der Waals surface area (Å²) in [7, 11) is -3.06. The quantitative estimate of drug-likeness (QED) is 0.755. The fourth-order valence-corrected chi connectivity index (χ4v) is 2.84. The molecule has 0 aliphatic carbocycles. The fraction of sp³-hybridized carbons (Fsp3) is 1.00. The molecule has 1 fully saturated rings. The van der Waals surface area contributed by atoms with Gasteiger partial charge < -0.3 is 9.64 Å². The van der Waals surface area contributed by atoms with Crippen molar-refractivity contribution in [1.29, 1.82) is 0 Å². The summed E-state index contributed by atoms with van der Waals surface area (Å²) >= 11 is 0. The van der Waals surface area contributed by atoms with Crippen LogP contribution >= 0.6 is 0 Å². The first-order valence-corrected chi connectivity index (χ1v) is 8.07. The summed E-state index contributed by atoms with van der Waals surface area (Å²) < 4.78 is 30.3. The van der Waals surface area contributed by atoms with Crippen molar-refractivity contribution in [3.63, 3.8) is 0 Å². The lowest BCUT2D eigenvalue weighted by Gasteiger charge is -2.31. The van der Waals surface area contributed by atoms with Gasteiger partial charge in [0, 0.05) is 12.6 Å². The van der Waals surface area contributed by atoms with Crippen molar-refractivity contribution in [2.75, 3.05) is 32.5 Å². The molecule has 0 amide bonds. The molecule has 1 rings (SSSR count). The maximum atomic E-state index is 11.1. The van der Waals surface area contributed by atoms with E-state index >= 15 is 0 Å². The van der Waals surface area contributed by atoms with Crippen LogP contribution in [0.5, 0.6) is 0 Å². The zero-order valence-electron chi connectivity index (χ0n) is 11.0. The third-order valence-corrected chi connectivity index (χ3v) is 3.59. The number of hydrogen-bond donors (Lipinski definition) is 1. The van der Waals surface area contributed by atoms with Crippen molar-refractivity contribution in [1.82, 2.24) is 9.62 Å². The van der Waals surface area contributed by atoms with Gasteiger partial charge in [-0.15, -0.1) is 0 Å². The van der Waals surface area contributed by atoms with Gasteiger partial charge in [0.1, 0.15) is 0 Å². The molecule has 0 bridgehead atoms. The number of nitrogens with one attached hydrogen (secondary N) is 1. The minimum atomic E-state index is -3.06. The molecule has 0 saturated carbocycles. The average Bonchev–Trinajstić information content (AvgIpc) is 2.18. The number of rotatable bonds is 6. The Balaban J connectivity index is 2.17. The van der Waals surface area contributed by atoms with E-state index in [1.54, 1.807) is 0 Å². The Bertz CT molecular complexity index is 309. The van der Waals surface area contributed by atoms with Crippen LogP contribution in [0.1, 0.15) is 26.7 Å². The predicted octanol–water partition coefficient (Wildman–Crippen LogP) is 0.425. The van der Waals surface area contributed by atoms with E-state index in [-0.39, 0.29) is 12.1 Å². The molecule has 1 N–H and O–H groups in total. The second kappa shape index (κ2) is 6.68. The van der Waals surface area contributed by atoms with E-state index < -0.39 is 10.0 Å². The normalized spacial score (nSPS) is 20.0. The maximum Gasteiger partial charge on any atom is 0.208 e. The number of ether oxygens (including phenoxy) is 1. The van der Waals surface area contributed by atoms with Gasteiger partial charge in [-0.3, -0.25) is 0 Å². The van der Waals surface area contributed by atoms with E-state index in [9.17, 15) is 8.42 Å². The summed E-state index contributed by atoms with van der Waals surface area (Å²) in [6, 6.07) is 0.104. The third-order valence-electron chi connectivity index (χ3n) is 2.83. The lowest BCUT2D eigenvalue weighted by molar-refractivity contribution is 0.0533. The van der Waals surface area contributed by atoms with E-state index in [1.165, 1.54) is 6.26 Å². The first-order valence-electron chi connectivity index (χ1n) is 6.18. The van der Waals surface area contributed by atoms with Crippen LogP contribution < -0.4 is 4.72 Å². The van der Waals surface area contributed by atoms with Crippen molar-refractivity contribution in [3.8, 4) is 0 Å². The Morgan fingerprint density at radius 2 is 1.94 bits per heavy atom. The SMILES string of the molecule is CC(C)OCCN1CCC(NS(C)(=O)=O)CC1. The molecule has 1 aliphatic rings. The zero-order valence-corrected chi connectivity index (χ0v) is 11.8. The highest BCUT2D eigenvalue weighted by Crippen LogP contribution is 2.10. The molecule has 0 radical (unpaired) electrons. The smallest absolute Gasteiger partial charge is 0.208 e. The van der Waals surface area contributed by atoms with Crippen LogP contribution in [0, 0.1) is 0 Å². The average molecular weight is 264 g/mol. The summed E-state index contributed by atoms with van der Waals surface area (Å²) in [5.41, 5.74) is 0. The van der Waals surface area contributed by atoms with E-state index in [2.05, 4.69) is 9.62 Å². The van der Waals surface area contributed by atoms with Crippen LogP contribution in [0.25, 0.3) is 0 Å². The van der Waals surface area contributed by atoms with Gasteiger partial charge in [-0.1, -0.05) is 0 Å². The van der Waals surface area contributed by atoms with Crippen molar-refractivity contribution in [3.05, 3.63) is 0 Å². The lowest BCUT2D eigenvalue weighted by Crippen LogP contribution is -2.45. The molecule has 0 aromatic rings. The first kappa shape index (κ1) is 14.9. The molecule has 0 spiro atoms. The summed E-state index contributed by atoms with van der Waals surface area (Å²) in [6.07, 6.45) is 3.26. The van der Waals surface area contributed by atoms with Crippen LogP contribution in [0.15, 0.2) is 0 Å². The van der Waals surface area contributed by atoms with Gasteiger partial charge in [0.05, 0.1) is 19.0 Å². The van der Waals surface area contributed by atoms with E-state index in [0.29, 0.717) is 0 Å². The fourth-order valence-electron chi connectivity index (χ4n) is 1.99. The number of hydrogen-bond acceptors (Lipinski definition) is 4. The van der Waals surface area contributed by atoms with Crippen molar-refractivity contribution in [2.24, 2.45) is 0 Å². The predicted molar refractivity (Wildman–Crippen MR) is 68.5 cm³/mol. The van der Waals surface area contributed by atoms with Crippen molar-refractivity contribution >= 4 is 10.0 Å². The van der Waals surface area contributed by atoms with Crippen LogP contribution in [0.3, 0.4) is 0 Å². The molecule has 1 heterocycles. The second-order valence-electron chi connectivity index (χ2n) is 4.93. The van der Waals surface area contributed by atoms with Crippen molar-refractivity contribution < 1.29 is 13.2 Å². The van der Waals surface area contributed by atoms with Gasteiger partial charge >= 0.3 is 0 Å². The first-order chi connectivity index (χ1) is 7.87. The van der Waals surface area contributed by atoms with Crippen molar-refractivity contribution in [2.45, 2.75) is 38.8 Å². The largest absolute Gasteiger partial charge is 0.377 e. The highest BCUT2D eigenvalue weighted by molar-refractivity contribution is 7.88. The Morgan fingerprint density at radius 1 is 1.35 bits per heavy atom. The third kappa shape index (κ3) is 6.98. The van der Waals surface area contributed by atoms with Gasteiger partial charge in [-0.05, 0) is 39.8 Å². The molecule has 0 aromatic heterocycles. The molecular formula is C11H24N2O3S. The van der Waals surface area contributed by atoms with Gasteiger partial charge in [0.2, 0.25) is 10.0 Å². The Morgan fingerprint density at radius 3 is 2.41 bits per heavy atom. The van der Waals surface area contributed by atoms with Gasteiger partial charge in [0.15, 0.2) is 0 Å². The minimum absolute atomic E-state index is 0.104. The highest BCUT2D eigenvalue weighted by Gasteiger charge is 2.21. The minimum Gasteiger partial charge on any atom is -0.377 e. The van der Waals surface area contributed by atoms with E-state index in [4.69, 9.17) is 4.74 Å². The van der Waals surface area contributed by atoms with Crippen LogP contribution in [0.4, 0.5) is 0 Å². The zero-order chi connectivity index (χ0) is 12.9. The van der Waals surface area contributed by atoms with Gasteiger partial charge in [-0.25, -0.2) is 13.1 Å². The number of likely N-dealkylation sites (tertiary alicyclic amines) is 1. The number of sulfonamides is 1. The van der Waals surface area contributed by atoms with E-state index in [0.717, 1.165) is 39.1 Å². The standard InChI is InChI=1S/C11H24N2O3S/c1-10(2)16-9-8-13-6-4-11(5-7-13)12-17(3,14)15/h10-12H,4-9H2,1-3H3. The molecule has 1 saturated heterocycles. The monoisotopic (exact) mass is 264 g/mol. The molecule has 0 atom stereocenters. The molecule has 102 valence electrons. The topological polar surface area (TPSA) is 58.6 Å². The number of piperidine rings is 1. The van der Waals surface area contributed by atoms with E-state index in [1.807, 2.05) is 13.8 Å². The molecule has 1 aliphatic heterocycles. The maximum absolute atomic E-state index is 11.1. The molecule has 0 aromatic carbocycles. The molecule has 5 nitrogen and oxygen atoms in total. The number of nitrogens with zero attached hydrogens (tertiary/aromatic N) is 1. The van der Waals surface area contributed by atoms with Crippen LogP contribution in [-0.2, 0) is 14.8 Å². The van der Waals surface area contributed by atoms with Crippen LogP contribution in [-0.4, -0.2) is 58.0 Å². The Kier molecular flexibility index (Phi) is 5.85. The lowest BCUT2D eigenvalue weighted by atomic mass is 10.1. The summed E-state index contributed by atoms with van der Waals surface area (Å²) in [4.78, 5) is 2.32. The summed E-state index contributed by atoms with van der Waals surface area (Å²) in [5, 5.41) is 0. The molecule has 0 unspecified atom stereocenters. The Labute approximate surface area is 105 Å². The molecule has 17 heavy (non-hydrogen) atoms. The van der Waals surface area contributed by atoms with Gasteiger partial charge in [0.25, 0.3) is 0 Å². The second-order valence-corrected chi connectivity index (χ2v) is 6.71. The highest BCUT2D eigenvalue weighted by atomic mass is 32.2.